The SMILES string of the molecule is C=C(Br)CNC(=O)/C=C/c1ccccc1Br. The Morgan fingerprint density at radius 2 is 2.12 bits per heavy atom. The van der Waals surface area contributed by atoms with Crippen molar-refractivity contribution in [3.05, 3.63) is 51.4 Å². The van der Waals surface area contributed by atoms with Crippen molar-refractivity contribution < 1.29 is 4.79 Å². The molecule has 0 unspecified atom stereocenters. The summed E-state index contributed by atoms with van der Waals surface area (Å²) in [5.41, 5.74) is 0.968. The van der Waals surface area contributed by atoms with E-state index in [9.17, 15) is 4.79 Å². The summed E-state index contributed by atoms with van der Waals surface area (Å²) in [7, 11) is 0. The summed E-state index contributed by atoms with van der Waals surface area (Å²) in [5, 5.41) is 2.68. The fourth-order valence-corrected chi connectivity index (χ4v) is 1.57. The Hall–Kier alpha value is -0.870. The van der Waals surface area contributed by atoms with Crippen LogP contribution >= 0.6 is 31.9 Å². The van der Waals surface area contributed by atoms with E-state index in [-0.39, 0.29) is 5.91 Å². The molecule has 0 heterocycles. The van der Waals surface area contributed by atoms with Crippen molar-refractivity contribution in [2.75, 3.05) is 6.54 Å². The second kappa shape index (κ2) is 6.66. The predicted octanol–water partition coefficient (Wildman–Crippen LogP) is 3.49. The molecule has 0 spiro atoms. The lowest BCUT2D eigenvalue weighted by molar-refractivity contribution is -0.116. The number of hydrogen-bond acceptors (Lipinski definition) is 1. The van der Waals surface area contributed by atoms with Gasteiger partial charge in [-0.1, -0.05) is 56.6 Å². The average molecular weight is 345 g/mol. The summed E-state index contributed by atoms with van der Waals surface area (Å²) >= 11 is 6.57. The standard InChI is InChI=1S/C12H11Br2NO/c1-9(13)8-15-12(16)7-6-10-4-2-3-5-11(10)14/h2-7H,1,8H2,(H,15,16)/b7-6+. The Labute approximate surface area is 112 Å². The van der Waals surface area contributed by atoms with Crippen LogP contribution in [0.1, 0.15) is 5.56 Å². The number of rotatable bonds is 4. The molecule has 0 aliphatic carbocycles. The minimum atomic E-state index is -0.142. The van der Waals surface area contributed by atoms with Gasteiger partial charge in [0.25, 0.3) is 0 Å². The Kier molecular flexibility index (Phi) is 5.49. The molecule has 0 saturated carbocycles. The van der Waals surface area contributed by atoms with Crippen molar-refractivity contribution in [2.24, 2.45) is 0 Å². The molecule has 0 fully saturated rings. The van der Waals surface area contributed by atoms with Crippen LogP contribution < -0.4 is 5.32 Å². The lowest BCUT2D eigenvalue weighted by Gasteiger charge is -1.99. The van der Waals surface area contributed by atoms with E-state index in [0.717, 1.165) is 14.5 Å². The molecule has 0 radical (unpaired) electrons. The highest BCUT2D eigenvalue weighted by Crippen LogP contribution is 2.16. The first-order chi connectivity index (χ1) is 7.59. The van der Waals surface area contributed by atoms with Crippen molar-refractivity contribution >= 4 is 43.8 Å². The van der Waals surface area contributed by atoms with Crippen LogP contribution in [0, 0.1) is 0 Å². The van der Waals surface area contributed by atoms with Gasteiger partial charge in [-0.25, -0.2) is 0 Å². The van der Waals surface area contributed by atoms with Crippen molar-refractivity contribution in [3.8, 4) is 0 Å². The minimum absolute atomic E-state index is 0.142. The molecule has 1 aromatic carbocycles. The van der Waals surface area contributed by atoms with Gasteiger partial charge in [0.15, 0.2) is 0 Å². The third-order valence-corrected chi connectivity index (χ3v) is 2.78. The Bertz CT molecular complexity index is 427. The molecule has 0 bridgehead atoms. The monoisotopic (exact) mass is 343 g/mol. The second-order valence-electron chi connectivity index (χ2n) is 3.09. The molecule has 1 amide bonds. The molecular formula is C12H11Br2NO. The van der Waals surface area contributed by atoms with Gasteiger partial charge in [-0.2, -0.15) is 0 Å². The summed E-state index contributed by atoms with van der Waals surface area (Å²) in [6.45, 7) is 4.06. The fourth-order valence-electron chi connectivity index (χ4n) is 1.02. The molecule has 0 saturated heterocycles. The minimum Gasteiger partial charge on any atom is -0.348 e. The van der Waals surface area contributed by atoms with E-state index >= 15 is 0 Å². The lowest BCUT2D eigenvalue weighted by atomic mass is 10.2. The highest BCUT2D eigenvalue weighted by Gasteiger charge is 1.97. The maximum absolute atomic E-state index is 11.4. The Morgan fingerprint density at radius 3 is 2.75 bits per heavy atom. The van der Waals surface area contributed by atoms with E-state index in [4.69, 9.17) is 0 Å². The quantitative estimate of drug-likeness (QED) is 0.832. The average Bonchev–Trinajstić information content (AvgIpc) is 2.25. The molecule has 0 atom stereocenters. The van der Waals surface area contributed by atoms with Crippen molar-refractivity contribution in [2.45, 2.75) is 0 Å². The number of amides is 1. The van der Waals surface area contributed by atoms with E-state index in [1.54, 1.807) is 6.08 Å². The van der Waals surface area contributed by atoms with Crippen molar-refractivity contribution in [1.29, 1.82) is 0 Å². The molecule has 4 heteroatoms. The number of nitrogens with one attached hydrogen (secondary N) is 1. The van der Waals surface area contributed by atoms with E-state index < -0.39 is 0 Å². The number of halogens is 2. The van der Waals surface area contributed by atoms with Gasteiger partial charge in [-0.05, 0) is 17.7 Å². The van der Waals surface area contributed by atoms with E-state index in [2.05, 4.69) is 43.8 Å². The summed E-state index contributed by atoms with van der Waals surface area (Å²) in [6.07, 6.45) is 3.26. The largest absolute Gasteiger partial charge is 0.348 e. The zero-order valence-electron chi connectivity index (χ0n) is 8.54. The van der Waals surface area contributed by atoms with Gasteiger partial charge in [-0.15, -0.1) is 0 Å². The predicted molar refractivity (Wildman–Crippen MR) is 74.3 cm³/mol. The molecule has 1 N–H and O–H groups in total. The highest BCUT2D eigenvalue weighted by atomic mass is 79.9. The van der Waals surface area contributed by atoms with Gasteiger partial charge in [0.05, 0.1) is 0 Å². The second-order valence-corrected chi connectivity index (χ2v) is 5.07. The molecule has 0 aromatic heterocycles. The molecule has 0 aliphatic rings. The van der Waals surface area contributed by atoms with Gasteiger partial charge in [-0.3, -0.25) is 4.79 Å². The fraction of sp³-hybridized carbons (Fsp3) is 0.0833. The van der Waals surface area contributed by atoms with Crippen LogP contribution in [-0.2, 0) is 4.79 Å². The van der Waals surface area contributed by atoms with Gasteiger partial charge < -0.3 is 5.32 Å². The summed E-state index contributed by atoms with van der Waals surface area (Å²) in [4.78, 5) is 11.4. The first kappa shape index (κ1) is 13.2. The van der Waals surface area contributed by atoms with Crippen LogP contribution in [0.15, 0.2) is 45.9 Å². The number of carbonyl (C=O) groups excluding carboxylic acids is 1. The van der Waals surface area contributed by atoms with E-state index in [0.29, 0.717) is 6.54 Å². The first-order valence-electron chi connectivity index (χ1n) is 4.63. The molecule has 1 rings (SSSR count). The topological polar surface area (TPSA) is 29.1 Å². The number of carbonyl (C=O) groups is 1. The highest BCUT2D eigenvalue weighted by molar-refractivity contribution is 9.11. The van der Waals surface area contributed by atoms with Crippen LogP contribution in [0.5, 0.6) is 0 Å². The summed E-state index contributed by atoms with van der Waals surface area (Å²) in [5.74, 6) is -0.142. The maximum Gasteiger partial charge on any atom is 0.244 e. The van der Waals surface area contributed by atoms with Gasteiger partial charge in [0.2, 0.25) is 5.91 Å². The van der Waals surface area contributed by atoms with Crippen LogP contribution in [-0.4, -0.2) is 12.5 Å². The third-order valence-electron chi connectivity index (χ3n) is 1.77. The van der Waals surface area contributed by atoms with Gasteiger partial charge >= 0.3 is 0 Å². The number of benzene rings is 1. The van der Waals surface area contributed by atoms with Crippen LogP contribution in [0.2, 0.25) is 0 Å². The smallest absolute Gasteiger partial charge is 0.244 e. The summed E-state index contributed by atoms with van der Waals surface area (Å²) < 4.78 is 1.71. The molecule has 2 nitrogen and oxygen atoms in total. The van der Waals surface area contributed by atoms with Crippen molar-refractivity contribution in [1.82, 2.24) is 5.32 Å². The van der Waals surface area contributed by atoms with Crippen LogP contribution in [0.25, 0.3) is 6.08 Å². The molecule has 16 heavy (non-hydrogen) atoms. The third kappa shape index (κ3) is 4.77. The molecule has 84 valence electrons. The first-order valence-corrected chi connectivity index (χ1v) is 6.22. The molecule has 0 aliphatic heterocycles. The molecule has 1 aromatic rings. The lowest BCUT2D eigenvalue weighted by Crippen LogP contribution is -2.21. The van der Waals surface area contributed by atoms with Gasteiger partial charge in [0.1, 0.15) is 0 Å². The normalized spacial score (nSPS) is 10.4. The zero-order valence-corrected chi connectivity index (χ0v) is 11.7. The maximum atomic E-state index is 11.4. The van der Waals surface area contributed by atoms with Crippen LogP contribution in [0.4, 0.5) is 0 Å². The zero-order chi connectivity index (χ0) is 12.0. The summed E-state index contributed by atoms with van der Waals surface area (Å²) in [6, 6.07) is 7.70. The Balaban J connectivity index is 2.57. The van der Waals surface area contributed by atoms with Crippen molar-refractivity contribution in [3.63, 3.8) is 0 Å². The van der Waals surface area contributed by atoms with E-state index in [1.807, 2.05) is 24.3 Å². The number of hydrogen-bond donors (Lipinski definition) is 1. The Morgan fingerprint density at radius 1 is 1.44 bits per heavy atom. The van der Waals surface area contributed by atoms with Crippen LogP contribution in [0.3, 0.4) is 0 Å². The van der Waals surface area contributed by atoms with E-state index in [1.165, 1.54) is 6.08 Å². The van der Waals surface area contributed by atoms with Gasteiger partial charge in [0, 0.05) is 21.6 Å². The molecular weight excluding hydrogens is 334 g/mol.